The molecule has 48 valence electrons. The summed E-state index contributed by atoms with van der Waals surface area (Å²) in [6, 6.07) is 0. The first-order valence-corrected chi connectivity index (χ1v) is 3.53. The van der Waals surface area contributed by atoms with Gasteiger partial charge in [0.15, 0.2) is 0 Å². The van der Waals surface area contributed by atoms with Crippen molar-refractivity contribution in [3.63, 3.8) is 0 Å². The van der Waals surface area contributed by atoms with E-state index in [9.17, 15) is 0 Å². The molecule has 0 atom stereocenters. The zero-order valence-electron chi connectivity index (χ0n) is 5.70. The lowest BCUT2D eigenvalue weighted by Gasteiger charge is -1.87. The molecule has 1 nitrogen and oxygen atoms in total. The number of aromatic nitrogens is 1. The Morgan fingerprint density at radius 1 is 1.44 bits per heavy atom. The third kappa shape index (κ3) is 0.607. The molecule has 2 rings (SSSR count). The average molecular weight is 121 g/mol. The number of aromatic amines is 1. The summed E-state index contributed by atoms with van der Waals surface area (Å²) >= 11 is 0. The molecular formula is C8H11N. The van der Waals surface area contributed by atoms with E-state index in [1.54, 1.807) is 5.56 Å². The van der Waals surface area contributed by atoms with E-state index in [1.807, 2.05) is 0 Å². The highest BCUT2D eigenvalue weighted by Gasteiger charge is 2.13. The Labute approximate surface area is 55.1 Å². The third-order valence-corrected chi connectivity index (χ3v) is 2.16. The van der Waals surface area contributed by atoms with E-state index in [0.29, 0.717) is 0 Å². The molecule has 0 bridgehead atoms. The number of fused-ring (bicyclic) bond motifs is 1. The summed E-state index contributed by atoms with van der Waals surface area (Å²) in [4.78, 5) is 3.29. The first-order valence-electron chi connectivity index (χ1n) is 3.53. The van der Waals surface area contributed by atoms with Crippen molar-refractivity contribution in [2.24, 2.45) is 0 Å². The van der Waals surface area contributed by atoms with Crippen LogP contribution in [0, 0.1) is 6.92 Å². The quantitative estimate of drug-likeness (QED) is 0.538. The van der Waals surface area contributed by atoms with Crippen LogP contribution in [0.1, 0.15) is 23.2 Å². The number of hydrogen-bond acceptors (Lipinski definition) is 0. The highest BCUT2D eigenvalue weighted by atomic mass is 14.7. The van der Waals surface area contributed by atoms with Crippen LogP contribution in [0.3, 0.4) is 0 Å². The molecule has 0 fully saturated rings. The van der Waals surface area contributed by atoms with Gasteiger partial charge in [0.05, 0.1) is 0 Å². The standard InChI is InChI=1S/C8H11N/c1-6-5-9-8-4-2-3-7(6)8/h5,9H,2-4H2,1H3. The predicted octanol–water partition coefficient (Wildman–Crippen LogP) is 1.81. The largest absolute Gasteiger partial charge is 0.364 e. The van der Waals surface area contributed by atoms with Gasteiger partial charge in [0, 0.05) is 11.9 Å². The normalized spacial score (nSPS) is 16.1. The summed E-state index contributed by atoms with van der Waals surface area (Å²) in [5.74, 6) is 0. The van der Waals surface area contributed by atoms with Crippen molar-refractivity contribution in [1.82, 2.24) is 4.98 Å². The van der Waals surface area contributed by atoms with Crippen LogP contribution >= 0.6 is 0 Å². The summed E-state index contributed by atoms with van der Waals surface area (Å²) < 4.78 is 0. The first-order chi connectivity index (χ1) is 4.38. The predicted molar refractivity (Wildman–Crippen MR) is 37.6 cm³/mol. The van der Waals surface area contributed by atoms with E-state index in [-0.39, 0.29) is 0 Å². The average Bonchev–Trinajstić information content (AvgIpc) is 2.35. The van der Waals surface area contributed by atoms with Crippen LogP contribution in [-0.4, -0.2) is 4.98 Å². The van der Waals surface area contributed by atoms with Gasteiger partial charge < -0.3 is 4.98 Å². The number of aryl methyl sites for hydroxylation is 2. The van der Waals surface area contributed by atoms with Crippen LogP contribution in [0.15, 0.2) is 6.20 Å². The van der Waals surface area contributed by atoms with Gasteiger partial charge in [-0.1, -0.05) is 0 Å². The van der Waals surface area contributed by atoms with E-state index >= 15 is 0 Å². The molecule has 1 heteroatoms. The Balaban J connectivity index is 2.56. The number of hydrogen-bond donors (Lipinski definition) is 1. The molecule has 0 saturated carbocycles. The van der Waals surface area contributed by atoms with Crippen LogP contribution in [-0.2, 0) is 12.8 Å². The smallest absolute Gasteiger partial charge is 0.0182 e. The van der Waals surface area contributed by atoms with Crippen molar-refractivity contribution in [3.05, 3.63) is 23.0 Å². The van der Waals surface area contributed by atoms with Crippen LogP contribution in [0.5, 0.6) is 0 Å². The second kappa shape index (κ2) is 1.63. The van der Waals surface area contributed by atoms with Gasteiger partial charge in [-0.15, -0.1) is 0 Å². The van der Waals surface area contributed by atoms with Crippen LogP contribution < -0.4 is 0 Å². The van der Waals surface area contributed by atoms with Crippen molar-refractivity contribution in [2.75, 3.05) is 0 Å². The fourth-order valence-electron chi connectivity index (χ4n) is 1.62. The SMILES string of the molecule is Cc1c[nH]c2c1CCC2. The first kappa shape index (κ1) is 5.10. The van der Waals surface area contributed by atoms with Crippen molar-refractivity contribution in [2.45, 2.75) is 26.2 Å². The molecule has 0 radical (unpaired) electrons. The summed E-state index contributed by atoms with van der Waals surface area (Å²) in [6.07, 6.45) is 6.03. The van der Waals surface area contributed by atoms with Crippen molar-refractivity contribution >= 4 is 0 Å². The molecule has 0 amide bonds. The minimum absolute atomic E-state index is 1.27. The lowest BCUT2D eigenvalue weighted by Crippen LogP contribution is -1.75. The van der Waals surface area contributed by atoms with E-state index in [2.05, 4.69) is 18.1 Å². The molecule has 0 spiro atoms. The maximum atomic E-state index is 3.29. The van der Waals surface area contributed by atoms with Gasteiger partial charge in [-0.2, -0.15) is 0 Å². The van der Waals surface area contributed by atoms with E-state index in [1.165, 1.54) is 30.5 Å². The minimum Gasteiger partial charge on any atom is -0.364 e. The zero-order valence-corrected chi connectivity index (χ0v) is 5.70. The summed E-state index contributed by atoms with van der Waals surface area (Å²) in [5.41, 5.74) is 4.50. The van der Waals surface area contributed by atoms with Crippen LogP contribution in [0.2, 0.25) is 0 Å². The molecule has 0 unspecified atom stereocenters. The van der Waals surface area contributed by atoms with E-state index < -0.39 is 0 Å². The van der Waals surface area contributed by atoms with E-state index in [0.717, 1.165) is 0 Å². The van der Waals surface area contributed by atoms with Crippen LogP contribution in [0.25, 0.3) is 0 Å². The van der Waals surface area contributed by atoms with Crippen molar-refractivity contribution in [3.8, 4) is 0 Å². The molecule has 0 aliphatic heterocycles. The Morgan fingerprint density at radius 3 is 3.11 bits per heavy atom. The molecule has 1 N–H and O–H groups in total. The Kier molecular flexibility index (Phi) is 0.922. The number of H-pyrrole nitrogens is 1. The Hall–Kier alpha value is -0.720. The maximum Gasteiger partial charge on any atom is 0.0182 e. The lowest BCUT2D eigenvalue weighted by atomic mass is 10.2. The second-order valence-electron chi connectivity index (χ2n) is 2.78. The third-order valence-electron chi connectivity index (χ3n) is 2.16. The maximum absolute atomic E-state index is 3.29. The van der Waals surface area contributed by atoms with Gasteiger partial charge in [0.1, 0.15) is 0 Å². The molecule has 9 heavy (non-hydrogen) atoms. The lowest BCUT2D eigenvalue weighted by molar-refractivity contribution is 0.889. The van der Waals surface area contributed by atoms with Gasteiger partial charge in [0.25, 0.3) is 0 Å². The molecule has 1 aliphatic rings. The monoisotopic (exact) mass is 121 g/mol. The fraction of sp³-hybridized carbons (Fsp3) is 0.500. The molecule has 0 saturated heterocycles. The summed E-state index contributed by atoms with van der Waals surface area (Å²) in [7, 11) is 0. The van der Waals surface area contributed by atoms with Crippen molar-refractivity contribution in [1.29, 1.82) is 0 Å². The van der Waals surface area contributed by atoms with Gasteiger partial charge >= 0.3 is 0 Å². The molecule has 1 heterocycles. The van der Waals surface area contributed by atoms with Crippen LogP contribution in [0.4, 0.5) is 0 Å². The molecule has 1 aromatic heterocycles. The number of nitrogens with one attached hydrogen (secondary N) is 1. The zero-order chi connectivity index (χ0) is 6.27. The van der Waals surface area contributed by atoms with Gasteiger partial charge in [0.2, 0.25) is 0 Å². The highest BCUT2D eigenvalue weighted by Crippen LogP contribution is 2.23. The van der Waals surface area contributed by atoms with E-state index in [4.69, 9.17) is 0 Å². The van der Waals surface area contributed by atoms with Gasteiger partial charge in [-0.3, -0.25) is 0 Å². The van der Waals surface area contributed by atoms with Gasteiger partial charge in [-0.05, 0) is 37.3 Å². The summed E-state index contributed by atoms with van der Waals surface area (Å²) in [5, 5.41) is 0. The van der Waals surface area contributed by atoms with Crippen molar-refractivity contribution < 1.29 is 0 Å². The summed E-state index contributed by atoms with van der Waals surface area (Å²) in [6.45, 7) is 2.18. The molecule has 1 aromatic rings. The molecule has 0 aromatic carbocycles. The fourth-order valence-corrected chi connectivity index (χ4v) is 1.62. The van der Waals surface area contributed by atoms with Gasteiger partial charge in [-0.25, -0.2) is 0 Å². The second-order valence-corrected chi connectivity index (χ2v) is 2.78. The number of rotatable bonds is 0. The highest BCUT2D eigenvalue weighted by molar-refractivity contribution is 5.33. The molecular weight excluding hydrogens is 110 g/mol. The Morgan fingerprint density at radius 2 is 2.33 bits per heavy atom. The topological polar surface area (TPSA) is 15.8 Å². The minimum atomic E-state index is 1.27. The Bertz CT molecular complexity index is 222. The molecule has 1 aliphatic carbocycles.